The van der Waals surface area contributed by atoms with Gasteiger partial charge in [0.2, 0.25) is 0 Å². The lowest BCUT2D eigenvalue weighted by Crippen LogP contribution is -2.43. The summed E-state index contributed by atoms with van der Waals surface area (Å²) in [6.07, 6.45) is 3.19. The Kier molecular flexibility index (Phi) is 3.73. The minimum atomic E-state index is -0.687. The lowest BCUT2D eigenvalue weighted by atomic mass is 9.84. The van der Waals surface area contributed by atoms with Crippen molar-refractivity contribution in [1.82, 2.24) is 5.32 Å². The SMILES string of the molecule is O=C(O)C1C2CCC(C2)C1NCc1cc(Br)ccc1O. The number of halogens is 1. The largest absolute Gasteiger partial charge is 0.508 e. The Bertz CT molecular complexity index is 534. The summed E-state index contributed by atoms with van der Waals surface area (Å²) >= 11 is 3.38. The molecular formula is C15H18BrNO3. The first kappa shape index (κ1) is 13.9. The van der Waals surface area contributed by atoms with Crippen molar-refractivity contribution in [3.63, 3.8) is 0 Å². The Balaban J connectivity index is 1.71. The Morgan fingerprint density at radius 2 is 2.10 bits per heavy atom. The summed E-state index contributed by atoms with van der Waals surface area (Å²) in [6.45, 7) is 0.503. The van der Waals surface area contributed by atoms with Gasteiger partial charge >= 0.3 is 5.97 Å². The maximum atomic E-state index is 11.4. The minimum Gasteiger partial charge on any atom is -0.508 e. The molecule has 0 amide bonds. The maximum absolute atomic E-state index is 11.4. The average Bonchev–Trinajstić information content (AvgIpc) is 3.00. The molecule has 20 heavy (non-hydrogen) atoms. The molecule has 4 unspecified atom stereocenters. The zero-order valence-electron chi connectivity index (χ0n) is 11.1. The minimum absolute atomic E-state index is 0.0321. The number of fused-ring (bicyclic) bond motifs is 2. The predicted octanol–water partition coefficient (Wildman–Crippen LogP) is 2.74. The lowest BCUT2D eigenvalue weighted by molar-refractivity contribution is -0.144. The second-order valence-electron chi connectivity index (χ2n) is 5.88. The van der Waals surface area contributed by atoms with Gasteiger partial charge in [-0.1, -0.05) is 15.9 Å². The van der Waals surface area contributed by atoms with E-state index in [1.54, 1.807) is 12.1 Å². The van der Waals surface area contributed by atoms with Gasteiger partial charge in [-0.15, -0.1) is 0 Å². The van der Waals surface area contributed by atoms with Gasteiger partial charge in [-0.05, 0) is 49.3 Å². The topological polar surface area (TPSA) is 69.6 Å². The van der Waals surface area contributed by atoms with E-state index < -0.39 is 5.97 Å². The van der Waals surface area contributed by atoms with Crippen molar-refractivity contribution >= 4 is 21.9 Å². The smallest absolute Gasteiger partial charge is 0.308 e. The normalized spacial score (nSPS) is 31.6. The summed E-state index contributed by atoms with van der Waals surface area (Å²) in [5.41, 5.74) is 0.797. The predicted molar refractivity (Wildman–Crippen MR) is 78.4 cm³/mol. The summed E-state index contributed by atoms with van der Waals surface area (Å²) in [5.74, 6) is 0.0773. The van der Waals surface area contributed by atoms with Crippen LogP contribution in [0.5, 0.6) is 5.75 Å². The first-order valence-electron chi connectivity index (χ1n) is 7.00. The highest BCUT2D eigenvalue weighted by Gasteiger charge is 2.50. The van der Waals surface area contributed by atoms with E-state index in [0.29, 0.717) is 18.4 Å². The third-order valence-corrected chi connectivity index (χ3v) is 5.26. The van der Waals surface area contributed by atoms with Crippen molar-refractivity contribution in [2.45, 2.75) is 31.8 Å². The number of hydrogen-bond acceptors (Lipinski definition) is 3. The van der Waals surface area contributed by atoms with Crippen molar-refractivity contribution in [3.8, 4) is 5.75 Å². The van der Waals surface area contributed by atoms with Crippen molar-refractivity contribution in [3.05, 3.63) is 28.2 Å². The lowest BCUT2D eigenvalue weighted by Gasteiger charge is -2.29. The number of benzene rings is 1. The molecule has 2 saturated carbocycles. The number of carbonyl (C=O) groups is 1. The second-order valence-corrected chi connectivity index (χ2v) is 6.79. The molecule has 0 aliphatic heterocycles. The van der Waals surface area contributed by atoms with Crippen LogP contribution in [-0.2, 0) is 11.3 Å². The van der Waals surface area contributed by atoms with Crippen LogP contribution in [0.15, 0.2) is 22.7 Å². The molecule has 2 bridgehead atoms. The van der Waals surface area contributed by atoms with E-state index in [1.807, 2.05) is 6.07 Å². The summed E-state index contributed by atoms with van der Waals surface area (Å²) in [5, 5.41) is 22.6. The molecule has 4 nitrogen and oxygen atoms in total. The van der Waals surface area contributed by atoms with Crippen LogP contribution in [0.25, 0.3) is 0 Å². The molecule has 1 aromatic rings. The zero-order valence-corrected chi connectivity index (χ0v) is 12.6. The molecule has 1 aromatic carbocycles. The molecule has 108 valence electrons. The van der Waals surface area contributed by atoms with E-state index in [-0.39, 0.29) is 17.7 Å². The molecule has 0 heterocycles. The summed E-state index contributed by atoms with van der Waals surface area (Å²) in [6, 6.07) is 5.34. The van der Waals surface area contributed by atoms with Gasteiger partial charge in [-0.3, -0.25) is 4.79 Å². The van der Waals surface area contributed by atoms with Crippen LogP contribution in [0.3, 0.4) is 0 Å². The molecule has 5 heteroatoms. The molecule has 0 aromatic heterocycles. The van der Waals surface area contributed by atoms with Crippen LogP contribution in [0.2, 0.25) is 0 Å². The fourth-order valence-electron chi connectivity index (χ4n) is 3.86. The van der Waals surface area contributed by atoms with E-state index in [0.717, 1.165) is 29.3 Å². The van der Waals surface area contributed by atoms with Gasteiger partial charge in [0.25, 0.3) is 0 Å². The first-order chi connectivity index (χ1) is 9.56. The third-order valence-electron chi connectivity index (χ3n) is 4.77. The van der Waals surface area contributed by atoms with Crippen LogP contribution in [0, 0.1) is 17.8 Å². The number of carboxylic acids is 1. The molecule has 2 aliphatic rings. The van der Waals surface area contributed by atoms with E-state index in [1.165, 1.54) is 0 Å². The highest BCUT2D eigenvalue weighted by atomic mass is 79.9. The highest BCUT2D eigenvalue weighted by Crippen LogP contribution is 2.48. The molecule has 3 N–H and O–H groups in total. The summed E-state index contributed by atoms with van der Waals surface area (Å²) in [7, 11) is 0. The van der Waals surface area contributed by atoms with Gasteiger partial charge in [0, 0.05) is 22.6 Å². The number of aliphatic carboxylic acids is 1. The van der Waals surface area contributed by atoms with E-state index in [4.69, 9.17) is 0 Å². The Hall–Kier alpha value is -1.07. The van der Waals surface area contributed by atoms with Gasteiger partial charge in [0.1, 0.15) is 5.75 Å². The number of rotatable bonds is 4. The number of nitrogens with one attached hydrogen (secondary N) is 1. The number of carboxylic acid groups (broad SMARTS) is 1. The Morgan fingerprint density at radius 1 is 1.35 bits per heavy atom. The molecule has 0 spiro atoms. The Labute approximate surface area is 126 Å². The van der Waals surface area contributed by atoms with Crippen LogP contribution in [0.4, 0.5) is 0 Å². The fourth-order valence-corrected chi connectivity index (χ4v) is 4.27. The number of phenolic OH excluding ortho intramolecular Hbond substituents is 1. The van der Waals surface area contributed by atoms with Crippen LogP contribution in [-0.4, -0.2) is 22.2 Å². The van der Waals surface area contributed by atoms with Crippen molar-refractivity contribution in [2.75, 3.05) is 0 Å². The molecule has 3 rings (SSSR count). The molecule has 2 fully saturated rings. The standard InChI is InChI=1S/C15H18BrNO3/c16-11-3-4-12(18)10(6-11)7-17-14-9-2-1-8(5-9)13(14)15(19)20/h3-4,6,8-9,13-14,17-18H,1-2,5,7H2,(H,19,20). The van der Waals surface area contributed by atoms with Crippen LogP contribution >= 0.6 is 15.9 Å². The average molecular weight is 340 g/mol. The molecular weight excluding hydrogens is 322 g/mol. The number of phenols is 1. The van der Waals surface area contributed by atoms with Crippen molar-refractivity contribution < 1.29 is 15.0 Å². The van der Waals surface area contributed by atoms with Crippen LogP contribution < -0.4 is 5.32 Å². The molecule has 0 saturated heterocycles. The quantitative estimate of drug-likeness (QED) is 0.788. The summed E-state index contributed by atoms with van der Waals surface area (Å²) in [4.78, 5) is 11.4. The van der Waals surface area contributed by atoms with Crippen molar-refractivity contribution in [2.24, 2.45) is 17.8 Å². The number of aromatic hydroxyl groups is 1. The van der Waals surface area contributed by atoms with E-state index >= 15 is 0 Å². The first-order valence-corrected chi connectivity index (χ1v) is 7.79. The van der Waals surface area contributed by atoms with Gasteiger partial charge in [-0.25, -0.2) is 0 Å². The second kappa shape index (κ2) is 5.37. The van der Waals surface area contributed by atoms with Crippen LogP contribution in [0.1, 0.15) is 24.8 Å². The monoisotopic (exact) mass is 339 g/mol. The maximum Gasteiger partial charge on any atom is 0.308 e. The fraction of sp³-hybridized carbons (Fsp3) is 0.533. The van der Waals surface area contributed by atoms with Gasteiger partial charge in [0.05, 0.1) is 5.92 Å². The van der Waals surface area contributed by atoms with Crippen molar-refractivity contribution in [1.29, 1.82) is 0 Å². The molecule has 2 aliphatic carbocycles. The third kappa shape index (κ3) is 2.44. The van der Waals surface area contributed by atoms with E-state index in [9.17, 15) is 15.0 Å². The van der Waals surface area contributed by atoms with Gasteiger partial charge in [-0.2, -0.15) is 0 Å². The number of hydrogen-bond donors (Lipinski definition) is 3. The van der Waals surface area contributed by atoms with E-state index in [2.05, 4.69) is 21.2 Å². The zero-order chi connectivity index (χ0) is 14.3. The highest BCUT2D eigenvalue weighted by molar-refractivity contribution is 9.10. The molecule has 4 atom stereocenters. The van der Waals surface area contributed by atoms with Gasteiger partial charge < -0.3 is 15.5 Å². The molecule has 0 radical (unpaired) electrons. The summed E-state index contributed by atoms with van der Waals surface area (Å²) < 4.78 is 0.912. The Morgan fingerprint density at radius 3 is 2.85 bits per heavy atom. The van der Waals surface area contributed by atoms with Gasteiger partial charge in [0.15, 0.2) is 0 Å².